The molecule has 0 unspecified atom stereocenters. The number of nitro groups is 1. The van der Waals surface area contributed by atoms with Crippen LogP contribution < -0.4 is 4.90 Å². The molecule has 0 aliphatic carbocycles. The molecule has 0 spiro atoms. The lowest BCUT2D eigenvalue weighted by Gasteiger charge is -2.28. The lowest BCUT2D eigenvalue weighted by Crippen LogP contribution is -2.36. The SMILES string of the molecule is Cc1nc(/C=C/c2ccc([N+](=O)[O-])o2)cc(N2CCOCC2)n1. The fraction of sp³-hybridized carbons (Fsp3) is 0.333. The number of rotatable bonds is 4. The normalized spacial score (nSPS) is 15.3. The van der Waals surface area contributed by atoms with Gasteiger partial charge in [-0.25, -0.2) is 9.97 Å². The van der Waals surface area contributed by atoms with Crippen molar-refractivity contribution < 1.29 is 14.1 Å². The van der Waals surface area contributed by atoms with Gasteiger partial charge >= 0.3 is 5.88 Å². The number of furan rings is 1. The van der Waals surface area contributed by atoms with E-state index in [9.17, 15) is 10.1 Å². The molecule has 8 nitrogen and oxygen atoms in total. The summed E-state index contributed by atoms with van der Waals surface area (Å²) >= 11 is 0. The first kappa shape index (κ1) is 15.2. The minimum atomic E-state index is -0.567. The van der Waals surface area contributed by atoms with Crippen LogP contribution in [0.3, 0.4) is 0 Å². The highest BCUT2D eigenvalue weighted by atomic mass is 16.6. The minimum absolute atomic E-state index is 0.280. The monoisotopic (exact) mass is 316 g/mol. The number of ether oxygens (including phenoxy) is 1. The molecule has 3 heterocycles. The Balaban J connectivity index is 1.80. The van der Waals surface area contributed by atoms with Gasteiger partial charge in [0.2, 0.25) is 0 Å². The Morgan fingerprint density at radius 1 is 1.26 bits per heavy atom. The zero-order chi connectivity index (χ0) is 16.2. The molecule has 2 aromatic heterocycles. The molecule has 1 aliphatic rings. The average molecular weight is 316 g/mol. The number of aryl methyl sites for hydroxylation is 1. The first-order chi connectivity index (χ1) is 11.1. The van der Waals surface area contributed by atoms with Gasteiger partial charge in [-0.15, -0.1) is 0 Å². The number of hydrogen-bond acceptors (Lipinski definition) is 7. The van der Waals surface area contributed by atoms with Crippen LogP contribution >= 0.6 is 0 Å². The van der Waals surface area contributed by atoms with Gasteiger partial charge in [0.25, 0.3) is 0 Å². The highest BCUT2D eigenvalue weighted by molar-refractivity contribution is 5.67. The molecule has 0 N–H and O–H groups in total. The summed E-state index contributed by atoms with van der Waals surface area (Å²) in [6.45, 7) is 4.79. The summed E-state index contributed by atoms with van der Waals surface area (Å²) in [5, 5.41) is 10.6. The molecule has 0 radical (unpaired) electrons. The van der Waals surface area contributed by atoms with Gasteiger partial charge in [-0.3, -0.25) is 10.1 Å². The van der Waals surface area contributed by atoms with E-state index in [0.717, 1.165) is 24.6 Å². The van der Waals surface area contributed by atoms with Crippen molar-refractivity contribution in [2.24, 2.45) is 0 Å². The van der Waals surface area contributed by atoms with Crippen LogP contribution in [0, 0.1) is 17.0 Å². The van der Waals surface area contributed by atoms with Crippen LogP contribution in [0.4, 0.5) is 11.7 Å². The Labute approximate surface area is 132 Å². The maximum absolute atomic E-state index is 10.6. The summed E-state index contributed by atoms with van der Waals surface area (Å²) in [5.41, 5.74) is 0.720. The fourth-order valence-corrected chi connectivity index (χ4v) is 2.31. The third-order valence-corrected chi connectivity index (χ3v) is 3.39. The molecule has 23 heavy (non-hydrogen) atoms. The van der Waals surface area contributed by atoms with Gasteiger partial charge in [-0.2, -0.15) is 0 Å². The van der Waals surface area contributed by atoms with Crippen LogP contribution in [0.15, 0.2) is 22.6 Å². The van der Waals surface area contributed by atoms with E-state index in [1.54, 1.807) is 18.2 Å². The van der Waals surface area contributed by atoms with Gasteiger partial charge in [0, 0.05) is 19.2 Å². The Hall–Kier alpha value is -2.74. The summed E-state index contributed by atoms with van der Waals surface area (Å²) in [4.78, 5) is 21.0. The molecule has 0 amide bonds. The van der Waals surface area contributed by atoms with Crippen LogP contribution in [-0.2, 0) is 4.74 Å². The third kappa shape index (κ3) is 3.72. The average Bonchev–Trinajstić information content (AvgIpc) is 3.03. The molecule has 120 valence electrons. The van der Waals surface area contributed by atoms with Crippen molar-refractivity contribution in [3.63, 3.8) is 0 Å². The van der Waals surface area contributed by atoms with Crippen LogP contribution in [0.5, 0.6) is 0 Å². The summed E-state index contributed by atoms with van der Waals surface area (Å²) in [5.74, 6) is 1.64. The molecule has 2 aromatic rings. The summed E-state index contributed by atoms with van der Waals surface area (Å²) in [7, 11) is 0. The standard InChI is InChI=1S/C15H16N4O4/c1-11-16-12(2-3-13-4-5-15(23-13)19(20)21)10-14(17-11)18-6-8-22-9-7-18/h2-5,10H,6-9H2,1H3/b3-2+. The molecule has 8 heteroatoms. The van der Waals surface area contributed by atoms with Crippen LogP contribution in [0.2, 0.25) is 0 Å². The minimum Gasteiger partial charge on any atom is -0.401 e. The lowest BCUT2D eigenvalue weighted by molar-refractivity contribution is -0.402. The molecule has 1 fully saturated rings. The highest BCUT2D eigenvalue weighted by Crippen LogP contribution is 2.19. The number of aromatic nitrogens is 2. The second-order valence-corrected chi connectivity index (χ2v) is 5.06. The van der Waals surface area contributed by atoms with E-state index in [0.29, 0.717) is 24.8 Å². The van der Waals surface area contributed by atoms with Crippen molar-refractivity contribution in [1.82, 2.24) is 9.97 Å². The van der Waals surface area contributed by atoms with Crippen LogP contribution in [-0.4, -0.2) is 41.2 Å². The van der Waals surface area contributed by atoms with E-state index in [1.165, 1.54) is 6.07 Å². The van der Waals surface area contributed by atoms with Gasteiger partial charge < -0.3 is 14.1 Å². The van der Waals surface area contributed by atoms with Crippen molar-refractivity contribution >= 4 is 23.9 Å². The first-order valence-electron chi connectivity index (χ1n) is 7.22. The Morgan fingerprint density at radius 2 is 2.04 bits per heavy atom. The van der Waals surface area contributed by atoms with Crippen molar-refractivity contribution in [2.45, 2.75) is 6.92 Å². The predicted molar refractivity (Wildman–Crippen MR) is 84.1 cm³/mol. The van der Waals surface area contributed by atoms with Gasteiger partial charge in [0.15, 0.2) is 0 Å². The van der Waals surface area contributed by atoms with Crippen LogP contribution in [0.1, 0.15) is 17.3 Å². The molecule has 0 saturated carbocycles. The molecule has 0 bridgehead atoms. The van der Waals surface area contributed by atoms with E-state index in [-0.39, 0.29) is 5.88 Å². The van der Waals surface area contributed by atoms with Gasteiger partial charge in [-0.1, -0.05) is 0 Å². The fourth-order valence-electron chi connectivity index (χ4n) is 2.31. The molecular formula is C15H16N4O4. The number of hydrogen-bond donors (Lipinski definition) is 0. The maximum atomic E-state index is 10.6. The van der Waals surface area contributed by atoms with Crippen LogP contribution in [0.25, 0.3) is 12.2 Å². The van der Waals surface area contributed by atoms with E-state index in [2.05, 4.69) is 14.9 Å². The van der Waals surface area contributed by atoms with E-state index in [1.807, 2.05) is 13.0 Å². The van der Waals surface area contributed by atoms with Gasteiger partial charge in [0.1, 0.15) is 22.3 Å². The third-order valence-electron chi connectivity index (χ3n) is 3.39. The second kappa shape index (κ2) is 6.57. The number of nitrogens with zero attached hydrogens (tertiary/aromatic N) is 4. The first-order valence-corrected chi connectivity index (χ1v) is 7.22. The summed E-state index contributed by atoms with van der Waals surface area (Å²) in [6, 6.07) is 4.75. The number of morpholine rings is 1. The summed E-state index contributed by atoms with van der Waals surface area (Å²) < 4.78 is 10.4. The predicted octanol–water partition coefficient (Wildman–Crippen LogP) is 2.29. The van der Waals surface area contributed by atoms with Crippen molar-refractivity contribution in [3.8, 4) is 0 Å². The highest BCUT2D eigenvalue weighted by Gasteiger charge is 2.14. The number of anilines is 1. The lowest BCUT2D eigenvalue weighted by atomic mass is 10.3. The Kier molecular flexibility index (Phi) is 4.33. The molecule has 1 aliphatic heterocycles. The zero-order valence-corrected chi connectivity index (χ0v) is 12.6. The molecule has 0 aromatic carbocycles. The van der Waals surface area contributed by atoms with E-state index in [4.69, 9.17) is 9.15 Å². The largest absolute Gasteiger partial charge is 0.433 e. The Morgan fingerprint density at radius 3 is 2.74 bits per heavy atom. The van der Waals surface area contributed by atoms with Crippen molar-refractivity contribution in [3.05, 3.63) is 45.6 Å². The second-order valence-electron chi connectivity index (χ2n) is 5.06. The van der Waals surface area contributed by atoms with E-state index < -0.39 is 4.92 Å². The Bertz CT molecular complexity index is 735. The zero-order valence-electron chi connectivity index (χ0n) is 12.6. The smallest absolute Gasteiger partial charge is 0.401 e. The van der Waals surface area contributed by atoms with Gasteiger partial charge in [0.05, 0.1) is 25.0 Å². The molecule has 0 atom stereocenters. The molecule has 1 saturated heterocycles. The van der Waals surface area contributed by atoms with Crippen molar-refractivity contribution in [2.75, 3.05) is 31.2 Å². The maximum Gasteiger partial charge on any atom is 0.433 e. The van der Waals surface area contributed by atoms with E-state index >= 15 is 0 Å². The summed E-state index contributed by atoms with van der Waals surface area (Å²) in [6.07, 6.45) is 3.40. The topological polar surface area (TPSA) is 94.5 Å². The molecular weight excluding hydrogens is 300 g/mol. The molecule has 3 rings (SSSR count). The van der Waals surface area contributed by atoms with Gasteiger partial charge in [-0.05, 0) is 25.1 Å². The van der Waals surface area contributed by atoms with Crippen molar-refractivity contribution in [1.29, 1.82) is 0 Å². The quantitative estimate of drug-likeness (QED) is 0.631.